The zero-order chi connectivity index (χ0) is 34.0. The number of nitrogens with zero attached hydrogens (tertiary/aromatic N) is 2. The fourth-order valence-corrected chi connectivity index (χ4v) is 6.17. The third-order valence-corrected chi connectivity index (χ3v) is 8.81. The molecule has 0 atom stereocenters. The maximum atomic E-state index is 13.4. The average Bonchev–Trinajstić information content (AvgIpc) is 3.50. The van der Waals surface area contributed by atoms with E-state index in [1.54, 1.807) is 54.6 Å². The number of carbonyl (C=O) groups excluding carboxylic acids is 3. The molecule has 0 spiro atoms. The summed E-state index contributed by atoms with van der Waals surface area (Å²) < 4.78 is 0. The maximum absolute atomic E-state index is 13.4. The summed E-state index contributed by atoms with van der Waals surface area (Å²) in [6.45, 7) is 1.99. The second-order valence-corrected chi connectivity index (χ2v) is 12.3. The lowest BCUT2D eigenvalue weighted by Gasteiger charge is -2.12. The van der Waals surface area contributed by atoms with Gasteiger partial charge in [0.2, 0.25) is 5.91 Å². The first-order chi connectivity index (χ1) is 23.2. The zero-order valence-electron chi connectivity index (χ0n) is 25.4. The van der Waals surface area contributed by atoms with E-state index in [0.29, 0.717) is 32.3 Å². The molecule has 3 N–H and O–H groups in total. The van der Waals surface area contributed by atoms with Gasteiger partial charge >= 0.3 is 0 Å². The van der Waals surface area contributed by atoms with Crippen molar-refractivity contribution >= 4 is 63.3 Å². The number of nitriles is 1. The van der Waals surface area contributed by atoms with E-state index >= 15 is 0 Å². The van der Waals surface area contributed by atoms with Gasteiger partial charge in [0.15, 0.2) is 0 Å². The standard InChI is InChI=1S/C36H27N5O5S2/c1-23-10-14-25(15-11-23)31-21-48-36(30(31)20-37)40-33(42)22-47-29-9-5-8-27(19-29)38-35(44)32(39-34(43)26-6-3-2-4-7-26)18-24-12-16-28(17-13-24)41(45)46/h2-19,21H,22H2,1H3,(H,38,44)(H,39,43)(H,40,42)/b32-18+. The second-order valence-electron chi connectivity index (χ2n) is 10.4. The van der Waals surface area contributed by atoms with Gasteiger partial charge in [0.1, 0.15) is 16.8 Å². The molecule has 0 saturated heterocycles. The molecule has 238 valence electrons. The number of thiophene rings is 1. The van der Waals surface area contributed by atoms with E-state index in [4.69, 9.17) is 0 Å². The summed E-state index contributed by atoms with van der Waals surface area (Å²) in [4.78, 5) is 50.4. The number of amides is 3. The van der Waals surface area contributed by atoms with Crippen LogP contribution < -0.4 is 16.0 Å². The van der Waals surface area contributed by atoms with Crippen LogP contribution in [0.15, 0.2) is 119 Å². The fraction of sp³-hybridized carbons (Fsp3) is 0.0556. The summed E-state index contributed by atoms with van der Waals surface area (Å²) in [6.07, 6.45) is 1.42. The number of anilines is 2. The minimum Gasteiger partial charge on any atom is -0.321 e. The lowest BCUT2D eigenvalue weighted by Crippen LogP contribution is -2.30. The Hall–Kier alpha value is -6.03. The van der Waals surface area contributed by atoms with Crippen LogP contribution in [0.3, 0.4) is 0 Å². The van der Waals surface area contributed by atoms with E-state index in [2.05, 4.69) is 22.0 Å². The van der Waals surface area contributed by atoms with Gasteiger partial charge in [-0.25, -0.2) is 0 Å². The van der Waals surface area contributed by atoms with Crippen LogP contribution in [0.25, 0.3) is 17.2 Å². The van der Waals surface area contributed by atoms with E-state index in [1.165, 1.54) is 53.4 Å². The Bertz CT molecular complexity index is 2050. The molecule has 5 rings (SSSR count). The number of carbonyl (C=O) groups is 3. The Balaban J connectivity index is 1.26. The Kier molecular flexibility index (Phi) is 10.8. The fourth-order valence-electron chi connectivity index (χ4n) is 4.48. The summed E-state index contributed by atoms with van der Waals surface area (Å²) >= 11 is 2.54. The lowest BCUT2D eigenvalue weighted by molar-refractivity contribution is -0.384. The number of aryl methyl sites for hydroxylation is 1. The number of hydrogen-bond donors (Lipinski definition) is 3. The smallest absolute Gasteiger partial charge is 0.272 e. The lowest BCUT2D eigenvalue weighted by atomic mass is 10.0. The molecule has 0 saturated carbocycles. The Morgan fingerprint density at radius 3 is 2.35 bits per heavy atom. The summed E-state index contributed by atoms with van der Waals surface area (Å²) in [7, 11) is 0. The third kappa shape index (κ3) is 8.61. The highest BCUT2D eigenvalue weighted by Gasteiger charge is 2.18. The number of benzene rings is 4. The third-order valence-electron chi connectivity index (χ3n) is 6.92. The van der Waals surface area contributed by atoms with Gasteiger partial charge in [0.05, 0.1) is 16.2 Å². The Morgan fingerprint density at radius 2 is 1.67 bits per heavy atom. The molecule has 3 amide bonds. The first kappa shape index (κ1) is 33.3. The van der Waals surface area contributed by atoms with Gasteiger partial charge in [-0.1, -0.05) is 54.1 Å². The predicted octanol–water partition coefficient (Wildman–Crippen LogP) is 7.64. The maximum Gasteiger partial charge on any atom is 0.272 e. The minimum absolute atomic E-state index is 0.0540. The number of nitro groups is 1. The van der Waals surface area contributed by atoms with Crippen LogP contribution in [0.4, 0.5) is 16.4 Å². The monoisotopic (exact) mass is 673 g/mol. The number of non-ortho nitro benzene ring substituents is 1. The van der Waals surface area contributed by atoms with Crippen molar-refractivity contribution in [1.82, 2.24) is 5.32 Å². The molecule has 1 heterocycles. The Morgan fingerprint density at radius 1 is 0.938 bits per heavy atom. The van der Waals surface area contributed by atoms with Crippen molar-refractivity contribution in [1.29, 1.82) is 5.26 Å². The number of nitro benzene ring substituents is 1. The van der Waals surface area contributed by atoms with Crippen LogP contribution in [0.5, 0.6) is 0 Å². The van der Waals surface area contributed by atoms with Gasteiger partial charge in [-0.3, -0.25) is 24.5 Å². The first-order valence-electron chi connectivity index (χ1n) is 14.5. The molecule has 10 nitrogen and oxygen atoms in total. The van der Waals surface area contributed by atoms with E-state index < -0.39 is 16.7 Å². The van der Waals surface area contributed by atoms with Crippen LogP contribution in [0, 0.1) is 28.4 Å². The second kappa shape index (κ2) is 15.5. The summed E-state index contributed by atoms with van der Waals surface area (Å²) in [6, 6.07) is 30.8. The van der Waals surface area contributed by atoms with Gasteiger partial charge in [0.25, 0.3) is 17.5 Å². The van der Waals surface area contributed by atoms with Gasteiger partial charge in [-0.15, -0.1) is 23.1 Å². The number of rotatable bonds is 11. The van der Waals surface area contributed by atoms with Gasteiger partial charge in [-0.2, -0.15) is 5.26 Å². The summed E-state index contributed by atoms with van der Waals surface area (Å²) in [5.74, 6) is -1.37. The van der Waals surface area contributed by atoms with Crippen molar-refractivity contribution in [3.63, 3.8) is 0 Å². The molecule has 0 fully saturated rings. The molecule has 12 heteroatoms. The molecular formula is C36H27N5O5S2. The van der Waals surface area contributed by atoms with E-state index in [-0.39, 0.29) is 23.0 Å². The van der Waals surface area contributed by atoms with Crippen molar-refractivity contribution in [2.75, 3.05) is 16.4 Å². The molecule has 5 aromatic rings. The van der Waals surface area contributed by atoms with Crippen molar-refractivity contribution in [2.24, 2.45) is 0 Å². The van der Waals surface area contributed by atoms with Crippen LogP contribution in [-0.4, -0.2) is 28.4 Å². The highest BCUT2D eigenvalue weighted by molar-refractivity contribution is 8.00. The van der Waals surface area contributed by atoms with Crippen LogP contribution in [-0.2, 0) is 9.59 Å². The Labute approximate surface area is 284 Å². The average molecular weight is 674 g/mol. The highest BCUT2D eigenvalue weighted by Crippen LogP contribution is 2.35. The number of nitrogens with one attached hydrogen (secondary N) is 3. The van der Waals surface area contributed by atoms with Crippen molar-refractivity contribution < 1.29 is 19.3 Å². The van der Waals surface area contributed by atoms with E-state index in [9.17, 15) is 29.8 Å². The number of hydrogen-bond acceptors (Lipinski definition) is 8. The molecule has 1 aromatic heterocycles. The minimum atomic E-state index is -0.622. The van der Waals surface area contributed by atoms with Gasteiger partial charge < -0.3 is 16.0 Å². The predicted molar refractivity (Wildman–Crippen MR) is 189 cm³/mol. The molecule has 0 radical (unpaired) electrons. The molecular weight excluding hydrogens is 647 g/mol. The van der Waals surface area contributed by atoms with Gasteiger partial charge in [0, 0.05) is 39.2 Å². The summed E-state index contributed by atoms with van der Waals surface area (Å²) in [5, 5.41) is 31.4. The van der Waals surface area contributed by atoms with E-state index in [1.807, 2.05) is 36.6 Å². The normalized spacial score (nSPS) is 10.9. The number of thioether (sulfide) groups is 1. The highest BCUT2D eigenvalue weighted by atomic mass is 32.2. The van der Waals surface area contributed by atoms with Crippen LogP contribution in [0.2, 0.25) is 0 Å². The molecule has 0 unspecified atom stereocenters. The van der Waals surface area contributed by atoms with E-state index in [0.717, 1.165) is 16.7 Å². The van der Waals surface area contributed by atoms with Crippen LogP contribution in [0.1, 0.15) is 27.0 Å². The largest absolute Gasteiger partial charge is 0.321 e. The topological polar surface area (TPSA) is 154 Å². The molecule has 0 bridgehead atoms. The first-order valence-corrected chi connectivity index (χ1v) is 16.3. The molecule has 4 aromatic carbocycles. The SMILES string of the molecule is Cc1ccc(-c2csc(NC(=O)CSc3cccc(NC(=O)/C(=C\c4ccc([N+](=O)[O-])cc4)NC(=O)c4ccccc4)c3)c2C#N)cc1. The molecule has 0 aliphatic heterocycles. The quantitative estimate of drug-likeness (QED) is 0.0563. The van der Waals surface area contributed by atoms with Crippen molar-refractivity contribution in [3.05, 3.63) is 147 Å². The zero-order valence-corrected chi connectivity index (χ0v) is 27.1. The molecule has 48 heavy (non-hydrogen) atoms. The molecule has 0 aliphatic carbocycles. The van der Waals surface area contributed by atoms with Crippen LogP contribution >= 0.6 is 23.1 Å². The summed E-state index contributed by atoms with van der Waals surface area (Å²) in [5.41, 5.74) is 4.20. The van der Waals surface area contributed by atoms with Crippen molar-refractivity contribution in [3.8, 4) is 17.2 Å². The van der Waals surface area contributed by atoms with Gasteiger partial charge in [-0.05, 0) is 66.6 Å². The van der Waals surface area contributed by atoms with Crippen molar-refractivity contribution in [2.45, 2.75) is 11.8 Å². The molecule has 0 aliphatic rings.